The number of carbonyl (C=O) groups excluding carboxylic acids is 3. The van der Waals surface area contributed by atoms with Crippen LogP contribution in [0.1, 0.15) is 38.8 Å². The maximum atomic E-state index is 12.9. The molecule has 4 unspecified atom stereocenters. The van der Waals surface area contributed by atoms with Crippen molar-refractivity contribution in [2.75, 3.05) is 13.2 Å². The van der Waals surface area contributed by atoms with E-state index in [1.54, 1.807) is 0 Å². The molecule has 7 N–H and O–H groups in total. The molecular formula is C20H32N6O6. The average molecular weight is 453 g/mol. The molecule has 32 heavy (non-hydrogen) atoms. The number of aromatic nitrogens is 2. The van der Waals surface area contributed by atoms with Crippen LogP contribution in [0.25, 0.3) is 0 Å². The number of imidazole rings is 1. The van der Waals surface area contributed by atoms with E-state index in [-0.39, 0.29) is 24.7 Å². The van der Waals surface area contributed by atoms with Gasteiger partial charge >= 0.3 is 5.97 Å². The molecule has 1 fully saturated rings. The minimum absolute atomic E-state index is 0.0109. The number of nitrogens with one attached hydrogen (secondary N) is 5. The SMILES string of the molecule is CC(C)CC(NC(=O)C(CO)NC(=O)C(Cc1cnc[nH]1)NC(=O)C1CCCN1)C(=O)O. The summed E-state index contributed by atoms with van der Waals surface area (Å²) in [5.41, 5.74) is 0.595. The minimum Gasteiger partial charge on any atom is -0.480 e. The summed E-state index contributed by atoms with van der Waals surface area (Å²) in [4.78, 5) is 56.1. The Morgan fingerprint density at radius 2 is 1.81 bits per heavy atom. The number of hydrogen-bond donors (Lipinski definition) is 7. The number of aromatic amines is 1. The van der Waals surface area contributed by atoms with Crippen LogP contribution in [0.15, 0.2) is 12.5 Å². The molecule has 1 aliphatic rings. The number of aliphatic carboxylic acids is 1. The van der Waals surface area contributed by atoms with Crippen molar-refractivity contribution < 1.29 is 29.4 Å². The Bertz CT molecular complexity index is 778. The summed E-state index contributed by atoms with van der Waals surface area (Å²) < 4.78 is 0. The number of carboxylic acid groups (broad SMARTS) is 1. The van der Waals surface area contributed by atoms with E-state index in [0.29, 0.717) is 18.7 Å². The molecule has 1 saturated heterocycles. The van der Waals surface area contributed by atoms with Crippen LogP contribution < -0.4 is 21.3 Å². The fourth-order valence-electron chi connectivity index (χ4n) is 3.44. The zero-order chi connectivity index (χ0) is 23.7. The highest BCUT2D eigenvalue weighted by Gasteiger charge is 2.31. The van der Waals surface area contributed by atoms with E-state index in [1.807, 2.05) is 13.8 Å². The van der Waals surface area contributed by atoms with Gasteiger partial charge in [0, 0.05) is 18.3 Å². The predicted molar refractivity (Wildman–Crippen MR) is 113 cm³/mol. The lowest BCUT2D eigenvalue weighted by atomic mass is 10.0. The number of nitrogens with zero attached hydrogens (tertiary/aromatic N) is 1. The number of carbonyl (C=O) groups is 4. The third-order valence-corrected chi connectivity index (χ3v) is 5.13. The van der Waals surface area contributed by atoms with Gasteiger partial charge in [0.15, 0.2) is 0 Å². The standard InChI is InChI=1S/C20H32N6O6/c1-11(2)6-15(20(31)32)25-19(30)16(9-27)26-18(29)14(7-12-8-21-10-23-12)24-17(28)13-4-3-5-22-13/h8,10-11,13-16,22,27H,3-7,9H2,1-2H3,(H,21,23)(H,24,28)(H,25,30)(H,26,29)(H,31,32). The van der Waals surface area contributed by atoms with Gasteiger partial charge in [-0.3, -0.25) is 14.4 Å². The van der Waals surface area contributed by atoms with Gasteiger partial charge in [0.2, 0.25) is 17.7 Å². The van der Waals surface area contributed by atoms with Gasteiger partial charge in [-0.25, -0.2) is 9.78 Å². The molecule has 0 saturated carbocycles. The van der Waals surface area contributed by atoms with Crippen molar-refractivity contribution in [2.45, 2.75) is 63.7 Å². The monoisotopic (exact) mass is 452 g/mol. The van der Waals surface area contributed by atoms with Crippen molar-refractivity contribution in [3.8, 4) is 0 Å². The quantitative estimate of drug-likeness (QED) is 0.195. The topological polar surface area (TPSA) is 186 Å². The van der Waals surface area contributed by atoms with E-state index < -0.39 is 48.6 Å². The highest BCUT2D eigenvalue weighted by atomic mass is 16.4. The van der Waals surface area contributed by atoms with Crippen LogP contribution in [0, 0.1) is 5.92 Å². The first kappa shape index (κ1) is 25.3. The summed E-state index contributed by atoms with van der Waals surface area (Å²) in [5.74, 6) is -3.04. The number of aliphatic hydroxyl groups excluding tert-OH is 1. The summed E-state index contributed by atoms with van der Waals surface area (Å²) in [6.07, 6.45) is 4.74. The Labute approximate surface area is 185 Å². The van der Waals surface area contributed by atoms with Gasteiger partial charge in [-0.05, 0) is 31.7 Å². The van der Waals surface area contributed by atoms with Crippen LogP contribution in [-0.4, -0.2) is 81.2 Å². The second kappa shape index (κ2) is 12.2. The number of carboxylic acids is 1. The molecule has 3 amide bonds. The van der Waals surface area contributed by atoms with E-state index in [1.165, 1.54) is 12.5 Å². The lowest BCUT2D eigenvalue weighted by Gasteiger charge is -2.24. The molecule has 0 spiro atoms. The van der Waals surface area contributed by atoms with E-state index in [9.17, 15) is 29.4 Å². The van der Waals surface area contributed by atoms with Crippen molar-refractivity contribution in [1.82, 2.24) is 31.2 Å². The zero-order valence-corrected chi connectivity index (χ0v) is 18.3. The fraction of sp³-hybridized carbons (Fsp3) is 0.650. The average Bonchev–Trinajstić information content (AvgIpc) is 3.44. The van der Waals surface area contributed by atoms with E-state index in [2.05, 4.69) is 31.2 Å². The van der Waals surface area contributed by atoms with Crippen molar-refractivity contribution in [3.05, 3.63) is 18.2 Å². The summed E-state index contributed by atoms with van der Waals surface area (Å²) in [5, 5.41) is 29.4. The molecule has 2 rings (SSSR count). The molecule has 1 aliphatic heterocycles. The molecule has 0 aromatic carbocycles. The molecule has 1 aromatic heterocycles. The van der Waals surface area contributed by atoms with Crippen molar-refractivity contribution in [3.63, 3.8) is 0 Å². The lowest BCUT2D eigenvalue weighted by molar-refractivity contribution is -0.143. The molecule has 0 bridgehead atoms. The van der Waals surface area contributed by atoms with Crippen LogP contribution in [0.5, 0.6) is 0 Å². The van der Waals surface area contributed by atoms with Crippen molar-refractivity contribution in [1.29, 1.82) is 0 Å². The summed E-state index contributed by atoms with van der Waals surface area (Å²) in [6, 6.07) is -3.96. The second-order valence-corrected chi connectivity index (χ2v) is 8.26. The van der Waals surface area contributed by atoms with Gasteiger partial charge in [0.1, 0.15) is 18.1 Å². The third kappa shape index (κ3) is 7.61. The highest BCUT2D eigenvalue weighted by Crippen LogP contribution is 2.08. The number of hydrogen-bond acceptors (Lipinski definition) is 7. The Morgan fingerprint density at radius 3 is 2.34 bits per heavy atom. The number of amides is 3. The van der Waals surface area contributed by atoms with E-state index in [4.69, 9.17) is 0 Å². The van der Waals surface area contributed by atoms with Crippen LogP contribution in [0.2, 0.25) is 0 Å². The number of rotatable bonds is 12. The molecule has 178 valence electrons. The van der Waals surface area contributed by atoms with Crippen LogP contribution >= 0.6 is 0 Å². The molecule has 0 aliphatic carbocycles. The normalized spacial score (nSPS) is 18.6. The molecule has 2 heterocycles. The number of H-pyrrole nitrogens is 1. The van der Waals surface area contributed by atoms with E-state index in [0.717, 1.165) is 6.42 Å². The molecule has 0 radical (unpaired) electrons. The Kier molecular flexibility index (Phi) is 9.60. The van der Waals surface area contributed by atoms with Crippen LogP contribution in [0.3, 0.4) is 0 Å². The summed E-state index contributed by atoms with van der Waals surface area (Å²) in [6.45, 7) is 3.61. The Hall–Kier alpha value is -2.99. The third-order valence-electron chi connectivity index (χ3n) is 5.13. The first-order valence-corrected chi connectivity index (χ1v) is 10.7. The van der Waals surface area contributed by atoms with Gasteiger partial charge < -0.3 is 36.5 Å². The smallest absolute Gasteiger partial charge is 0.326 e. The number of aliphatic hydroxyl groups is 1. The molecular weight excluding hydrogens is 420 g/mol. The van der Waals surface area contributed by atoms with Gasteiger partial charge in [-0.15, -0.1) is 0 Å². The Balaban J connectivity index is 2.06. The van der Waals surface area contributed by atoms with Gasteiger partial charge in [0.05, 0.1) is 19.0 Å². The van der Waals surface area contributed by atoms with Crippen molar-refractivity contribution in [2.24, 2.45) is 5.92 Å². The molecule has 12 heteroatoms. The maximum absolute atomic E-state index is 12.9. The highest BCUT2D eigenvalue weighted by molar-refractivity contribution is 5.94. The lowest BCUT2D eigenvalue weighted by Crippen LogP contribution is -2.58. The van der Waals surface area contributed by atoms with Gasteiger partial charge in [-0.2, -0.15) is 0 Å². The van der Waals surface area contributed by atoms with Crippen molar-refractivity contribution >= 4 is 23.7 Å². The Morgan fingerprint density at radius 1 is 1.12 bits per heavy atom. The summed E-state index contributed by atoms with van der Waals surface area (Å²) >= 11 is 0. The van der Waals surface area contributed by atoms with Crippen LogP contribution in [0.4, 0.5) is 0 Å². The fourth-order valence-corrected chi connectivity index (χ4v) is 3.44. The van der Waals surface area contributed by atoms with Crippen LogP contribution in [-0.2, 0) is 25.6 Å². The first-order valence-electron chi connectivity index (χ1n) is 10.7. The van der Waals surface area contributed by atoms with E-state index >= 15 is 0 Å². The summed E-state index contributed by atoms with van der Waals surface area (Å²) in [7, 11) is 0. The molecule has 12 nitrogen and oxygen atoms in total. The van der Waals surface area contributed by atoms with Gasteiger partial charge in [0.25, 0.3) is 0 Å². The molecule has 1 aromatic rings. The largest absolute Gasteiger partial charge is 0.480 e. The zero-order valence-electron chi connectivity index (χ0n) is 18.3. The first-order chi connectivity index (χ1) is 15.2. The predicted octanol–water partition coefficient (Wildman–Crippen LogP) is -1.72. The maximum Gasteiger partial charge on any atom is 0.326 e. The molecule has 4 atom stereocenters. The second-order valence-electron chi connectivity index (χ2n) is 8.26. The minimum atomic E-state index is -1.37. The van der Waals surface area contributed by atoms with Gasteiger partial charge in [-0.1, -0.05) is 13.8 Å².